The predicted molar refractivity (Wildman–Crippen MR) is 135 cm³/mol. The molecule has 4 saturated carbocycles. The molecule has 5 aliphatic rings. The van der Waals surface area contributed by atoms with E-state index >= 15 is 0 Å². The molecule has 0 aliphatic heterocycles. The second kappa shape index (κ2) is 7.33. The first-order chi connectivity index (χ1) is 15.6. The number of hydrogen-bond donors (Lipinski definition) is 4. The molecule has 4 fully saturated rings. The Morgan fingerprint density at radius 2 is 1.44 bits per heavy atom. The van der Waals surface area contributed by atoms with Crippen LogP contribution in [0.4, 0.5) is 0 Å². The number of allylic oxidation sites excluding steroid dienone is 2. The van der Waals surface area contributed by atoms with Gasteiger partial charge in [0.15, 0.2) is 0 Å². The molecule has 0 amide bonds. The van der Waals surface area contributed by atoms with E-state index in [1.54, 1.807) is 0 Å². The minimum atomic E-state index is -0.845. The molecule has 4 nitrogen and oxygen atoms in total. The van der Waals surface area contributed by atoms with Crippen LogP contribution in [-0.2, 0) is 0 Å². The highest BCUT2D eigenvalue weighted by Crippen LogP contribution is 2.75. The van der Waals surface area contributed by atoms with Crippen molar-refractivity contribution in [3.63, 3.8) is 0 Å². The van der Waals surface area contributed by atoms with Crippen molar-refractivity contribution in [1.29, 1.82) is 0 Å². The Hall–Kier alpha value is -0.420. The lowest BCUT2D eigenvalue weighted by Gasteiger charge is -2.72. The summed E-state index contributed by atoms with van der Waals surface area (Å²) in [5.41, 5.74) is 0.539. The second-order valence-electron chi connectivity index (χ2n) is 15.3. The molecule has 0 bridgehead atoms. The fraction of sp³-hybridized carbons (Fsp3) is 0.933. The Balaban J connectivity index is 1.62. The van der Waals surface area contributed by atoms with Gasteiger partial charge in [-0.25, -0.2) is 0 Å². The van der Waals surface area contributed by atoms with E-state index in [1.807, 2.05) is 0 Å². The van der Waals surface area contributed by atoms with E-state index in [2.05, 4.69) is 54.5 Å². The van der Waals surface area contributed by atoms with Crippen molar-refractivity contribution in [2.24, 2.45) is 50.2 Å². The van der Waals surface area contributed by atoms with Crippen LogP contribution in [0.3, 0.4) is 0 Å². The van der Waals surface area contributed by atoms with Crippen LogP contribution < -0.4 is 0 Å². The Morgan fingerprint density at radius 3 is 2.09 bits per heavy atom. The van der Waals surface area contributed by atoms with Gasteiger partial charge in [0.1, 0.15) is 0 Å². The van der Waals surface area contributed by atoms with E-state index in [1.165, 1.54) is 5.57 Å². The first kappa shape index (κ1) is 25.2. The van der Waals surface area contributed by atoms with Gasteiger partial charge in [0.25, 0.3) is 0 Å². The summed E-state index contributed by atoms with van der Waals surface area (Å²) in [7, 11) is 0. The lowest BCUT2D eigenvalue weighted by molar-refractivity contribution is -0.235. The summed E-state index contributed by atoms with van der Waals surface area (Å²) in [4.78, 5) is 0. The van der Waals surface area contributed by atoms with Crippen LogP contribution in [0, 0.1) is 50.2 Å². The van der Waals surface area contributed by atoms with E-state index in [-0.39, 0.29) is 45.7 Å². The first-order valence-corrected chi connectivity index (χ1v) is 14.0. The molecule has 194 valence electrons. The zero-order chi connectivity index (χ0) is 25.1. The average molecular weight is 475 g/mol. The summed E-state index contributed by atoms with van der Waals surface area (Å²) in [5, 5.41) is 44.6. The lowest BCUT2D eigenvalue weighted by Crippen LogP contribution is -2.69. The summed E-state index contributed by atoms with van der Waals surface area (Å²) in [6, 6.07) is 0. The van der Waals surface area contributed by atoms with Gasteiger partial charge in [0.05, 0.1) is 30.3 Å². The Labute approximate surface area is 207 Å². The van der Waals surface area contributed by atoms with Gasteiger partial charge in [0, 0.05) is 0 Å². The maximum atomic E-state index is 11.7. The second-order valence-corrected chi connectivity index (χ2v) is 15.3. The smallest absolute Gasteiger partial charge is 0.0657 e. The third-order valence-corrected chi connectivity index (χ3v) is 13.1. The number of aliphatic hydroxyl groups excluding tert-OH is 4. The number of rotatable bonds is 1. The molecule has 0 aromatic carbocycles. The molecular weight excluding hydrogens is 424 g/mol. The summed E-state index contributed by atoms with van der Waals surface area (Å²) in [5.74, 6) is 1.02. The van der Waals surface area contributed by atoms with Crippen molar-refractivity contribution < 1.29 is 20.4 Å². The van der Waals surface area contributed by atoms with Crippen LogP contribution in [0.2, 0.25) is 0 Å². The minimum absolute atomic E-state index is 0.0120. The average Bonchev–Trinajstić information content (AvgIpc) is 2.71. The molecule has 0 saturated heterocycles. The molecule has 34 heavy (non-hydrogen) atoms. The monoisotopic (exact) mass is 474 g/mol. The summed E-state index contributed by atoms with van der Waals surface area (Å²) in [6.07, 6.45) is 8.23. The third kappa shape index (κ3) is 2.86. The van der Waals surface area contributed by atoms with Gasteiger partial charge in [-0.15, -0.1) is 0 Å². The molecule has 0 unspecified atom stereocenters. The Morgan fingerprint density at radius 1 is 0.794 bits per heavy atom. The minimum Gasteiger partial charge on any atom is -0.396 e. The van der Waals surface area contributed by atoms with Gasteiger partial charge in [-0.05, 0) is 96.2 Å². The standard InChI is InChI=1S/C30H50O4/c1-25(2)14-19-18-8-9-21-27(5)12-11-22(32)26(3,4)20(27)10-13-28(21,6)29(18,7)16-24(34)30(19,17-31)23(33)15-25/h8,19-24,31-34H,9-17H2,1-7H3/t19-,20+,21+,22-,23-,24-,27+,28-,29+,30+/m1/s1. The molecular formula is C30H50O4. The molecule has 0 radical (unpaired) electrons. The highest BCUT2D eigenvalue weighted by Gasteiger charge is 2.70. The van der Waals surface area contributed by atoms with Crippen LogP contribution in [0.25, 0.3) is 0 Å². The van der Waals surface area contributed by atoms with Crippen LogP contribution >= 0.6 is 0 Å². The van der Waals surface area contributed by atoms with E-state index in [0.717, 1.165) is 38.5 Å². The molecule has 4 N–H and O–H groups in total. The normalized spacial score (nSPS) is 55.8. The number of hydrogen-bond acceptors (Lipinski definition) is 4. The summed E-state index contributed by atoms with van der Waals surface area (Å²) < 4.78 is 0. The molecule has 0 aromatic heterocycles. The van der Waals surface area contributed by atoms with E-state index in [0.29, 0.717) is 24.7 Å². The summed E-state index contributed by atoms with van der Waals surface area (Å²) in [6.45, 7) is 16.2. The fourth-order valence-corrected chi connectivity index (χ4v) is 10.9. The topological polar surface area (TPSA) is 80.9 Å². The molecule has 0 aromatic rings. The van der Waals surface area contributed by atoms with E-state index in [4.69, 9.17) is 0 Å². The molecule has 0 spiro atoms. The SMILES string of the molecule is CC1(C)C[C@@H](O)[C@@]2(CO)[C@H](O)C[C@@]3(C)C(=CC[C@H]4[C@@]5(C)CC[C@@H](O)C(C)(C)[C@@H]5CC[C@]43C)[C@H]2C1. The van der Waals surface area contributed by atoms with E-state index in [9.17, 15) is 20.4 Å². The number of aliphatic hydroxyl groups is 4. The number of fused-ring (bicyclic) bond motifs is 7. The zero-order valence-electron chi connectivity index (χ0n) is 22.7. The van der Waals surface area contributed by atoms with Crippen LogP contribution in [0.15, 0.2) is 11.6 Å². The lowest BCUT2D eigenvalue weighted by atomic mass is 9.33. The zero-order valence-corrected chi connectivity index (χ0v) is 22.7. The molecule has 4 heteroatoms. The summed E-state index contributed by atoms with van der Waals surface area (Å²) >= 11 is 0. The van der Waals surface area contributed by atoms with Crippen molar-refractivity contribution in [2.75, 3.05) is 6.61 Å². The van der Waals surface area contributed by atoms with Crippen molar-refractivity contribution in [3.05, 3.63) is 11.6 Å². The van der Waals surface area contributed by atoms with Gasteiger partial charge >= 0.3 is 0 Å². The van der Waals surface area contributed by atoms with Gasteiger partial charge in [-0.1, -0.05) is 60.1 Å². The maximum Gasteiger partial charge on any atom is 0.0657 e. The van der Waals surface area contributed by atoms with Crippen molar-refractivity contribution in [3.8, 4) is 0 Å². The highest BCUT2D eigenvalue weighted by atomic mass is 16.3. The predicted octanol–water partition coefficient (Wildman–Crippen LogP) is 5.08. The van der Waals surface area contributed by atoms with Gasteiger partial charge in [-0.3, -0.25) is 0 Å². The Kier molecular flexibility index (Phi) is 5.44. The van der Waals surface area contributed by atoms with Crippen LogP contribution in [0.1, 0.15) is 99.8 Å². The van der Waals surface area contributed by atoms with Crippen molar-refractivity contribution in [1.82, 2.24) is 0 Å². The van der Waals surface area contributed by atoms with E-state index < -0.39 is 17.6 Å². The quantitative estimate of drug-likeness (QED) is 0.399. The van der Waals surface area contributed by atoms with Gasteiger partial charge in [-0.2, -0.15) is 0 Å². The van der Waals surface area contributed by atoms with Crippen LogP contribution in [0.5, 0.6) is 0 Å². The first-order valence-electron chi connectivity index (χ1n) is 14.0. The molecule has 5 rings (SSSR count). The molecule has 0 heterocycles. The van der Waals surface area contributed by atoms with Crippen molar-refractivity contribution in [2.45, 2.75) is 118 Å². The Bertz CT molecular complexity index is 877. The molecule has 5 aliphatic carbocycles. The fourth-order valence-electron chi connectivity index (χ4n) is 10.9. The largest absolute Gasteiger partial charge is 0.396 e. The van der Waals surface area contributed by atoms with Crippen molar-refractivity contribution >= 4 is 0 Å². The van der Waals surface area contributed by atoms with Gasteiger partial charge < -0.3 is 20.4 Å². The molecule has 10 atom stereocenters. The maximum absolute atomic E-state index is 11.7. The highest BCUT2D eigenvalue weighted by molar-refractivity contribution is 5.35. The third-order valence-electron chi connectivity index (χ3n) is 13.1. The van der Waals surface area contributed by atoms with Crippen LogP contribution in [-0.4, -0.2) is 45.3 Å². The van der Waals surface area contributed by atoms with Gasteiger partial charge in [0.2, 0.25) is 0 Å².